The molecule has 3 heterocycles. The highest BCUT2D eigenvalue weighted by atomic mass is 32.1. The molecule has 0 N–H and O–H groups in total. The molecule has 116 valence electrons. The maximum atomic E-state index is 12.9. The van der Waals surface area contributed by atoms with Crippen molar-refractivity contribution < 1.29 is 9.47 Å². The molecule has 0 bridgehead atoms. The van der Waals surface area contributed by atoms with Crippen LogP contribution in [-0.4, -0.2) is 16.3 Å². The van der Waals surface area contributed by atoms with E-state index >= 15 is 0 Å². The Bertz CT molecular complexity index is 989. The molecule has 3 aromatic rings. The summed E-state index contributed by atoms with van der Waals surface area (Å²) < 4.78 is 12.4. The van der Waals surface area contributed by atoms with E-state index in [1.165, 1.54) is 10.4 Å². The van der Waals surface area contributed by atoms with Crippen LogP contribution in [0.2, 0.25) is 0 Å². The highest BCUT2D eigenvalue weighted by Gasteiger charge is 2.21. The number of ether oxygens (including phenoxy) is 2. The van der Waals surface area contributed by atoms with Crippen molar-refractivity contribution in [1.82, 2.24) is 9.55 Å². The van der Waals surface area contributed by atoms with E-state index in [-0.39, 0.29) is 12.4 Å². The van der Waals surface area contributed by atoms with E-state index in [1.807, 2.05) is 18.2 Å². The summed E-state index contributed by atoms with van der Waals surface area (Å²) in [7, 11) is 0. The van der Waals surface area contributed by atoms with E-state index in [0.29, 0.717) is 6.54 Å². The third kappa shape index (κ3) is 1.98. The van der Waals surface area contributed by atoms with Crippen molar-refractivity contribution in [3.05, 3.63) is 50.9 Å². The molecule has 0 spiro atoms. The first-order valence-corrected chi connectivity index (χ1v) is 8.49. The van der Waals surface area contributed by atoms with Gasteiger partial charge in [-0.25, -0.2) is 4.98 Å². The zero-order chi connectivity index (χ0) is 15.4. The van der Waals surface area contributed by atoms with Crippen LogP contribution in [0.15, 0.2) is 29.3 Å². The summed E-state index contributed by atoms with van der Waals surface area (Å²) in [5, 5.41) is 0.825. The lowest BCUT2D eigenvalue weighted by Crippen LogP contribution is -2.21. The van der Waals surface area contributed by atoms with E-state index in [0.717, 1.165) is 46.5 Å². The fourth-order valence-corrected chi connectivity index (χ4v) is 4.59. The Kier molecular flexibility index (Phi) is 2.76. The maximum absolute atomic E-state index is 12.9. The van der Waals surface area contributed by atoms with Crippen LogP contribution in [0.1, 0.15) is 22.4 Å². The number of benzene rings is 1. The molecular formula is C17H14N2O3S. The standard InChI is InChI=1S/C17H14N2O3S/c20-17-15-11-2-1-3-14(11)23-16(15)18-8-19(17)7-10-4-5-12-13(6-10)22-9-21-12/h4-6,8H,1-3,7,9H2. The number of thiophene rings is 1. The number of aromatic nitrogens is 2. The smallest absolute Gasteiger partial charge is 0.262 e. The number of hydrogen-bond acceptors (Lipinski definition) is 5. The summed E-state index contributed by atoms with van der Waals surface area (Å²) in [6.45, 7) is 0.746. The molecule has 0 amide bonds. The molecule has 0 atom stereocenters. The predicted octanol–water partition coefficient (Wildman–Crippen LogP) is 2.72. The number of aryl methyl sites for hydroxylation is 2. The van der Waals surface area contributed by atoms with Gasteiger partial charge < -0.3 is 9.47 Å². The van der Waals surface area contributed by atoms with Crippen LogP contribution < -0.4 is 15.0 Å². The Balaban J connectivity index is 1.58. The van der Waals surface area contributed by atoms with Crippen LogP contribution in [-0.2, 0) is 19.4 Å². The van der Waals surface area contributed by atoms with Crippen molar-refractivity contribution >= 4 is 21.6 Å². The fourth-order valence-electron chi connectivity index (χ4n) is 3.37. The molecular weight excluding hydrogens is 312 g/mol. The predicted molar refractivity (Wildman–Crippen MR) is 87.6 cm³/mol. The van der Waals surface area contributed by atoms with Crippen LogP contribution >= 0.6 is 11.3 Å². The van der Waals surface area contributed by atoms with E-state index in [1.54, 1.807) is 22.2 Å². The zero-order valence-electron chi connectivity index (χ0n) is 12.4. The highest BCUT2D eigenvalue weighted by Crippen LogP contribution is 2.35. The first kappa shape index (κ1) is 13.1. The Morgan fingerprint density at radius 1 is 1.22 bits per heavy atom. The first-order chi connectivity index (χ1) is 11.3. The van der Waals surface area contributed by atoms with Gasteiger partial charge in [0.25, 0.3) is 5.56 Å². The van der Waals surface area contributed by atoms with Gasteiger partial charge in [-0.15, -0.1) is 11.3 Å². The Morgan fingerprint density at radius 3 is 3.09 bits per heavy atom. The average Bonchev–Trinajstić information content (AvgIpc) is 3.24. The van der Waals surface area contributed by atoms with Crippen LogP contribution in [0.5, 0.6) is 11.5 Å². The van der Waals surface area contributed by atoms with Crippen LogP contribution in [0.25, 0.3) is 10.2 Å². The zero-order valence-corrected chi connectivity index (χ0v) is 13.2. The molecule has 0 fully saturated rings. The van der Waals surface area contributed by atoms with Gasteiger partial charge in [-0.1, -0.05) is 6.07 Å². The SMILES string of the molecule is O=c1c2c3c(sc2ncn1Cc1ccc2c(c1)OCO2)CCC3. The van der Waals surface area contributed by atoms with E-state index < -0.39 is 0 Å². The Labute approximate surface area is 136 Å². The largest absolute Gasteiger partial charge is 0.454 e. The lowest BCUT2D eigenvalue weighted by molar-refractivity contribution is 0.174. The summed E-state index contributed by atoms with van der Waals surface area (Å²) >= 11 is 1.67. The summed E-state index contributed by atoms with van der Waals surface area (Å²) in [5.74, 6) is 1.49. The number of hydrogen-bond donors (Lipinski definition) is 0. The molecule has 0 saturated heterocycles. The van der Waals surface area contributed by atoms with Crippen LogP contribution in [0, 0.1) is 0 Å². The molecule has 6 heteroatoms. The normalized spacial score (nSPS) is 15.3. The molecule has 1 aromatic carbocycles. The van der Waals surface area contributed by atoms with E-state index in [2.05, 4.69) is 4.98 Å². The minimum Gasteiger partial charge on any atom is -0.454 e. The lowest BCUT2D eigenvalue weighted by atomic mass is 10.2. The van der Waals surface area contributed by atoms with Crippen molar-refractivity contribution in [2.75, 3.05) is 6.79 Å². The maximum Gasteiger partial charge on any atom is 0.262 e. The summed E-state index contributed by atoms with van der Waals surface area (Å²) in [6.07, 6.45) is 4.88. The van der Waals surface area contributed by atoms with Crippen molar-refractivity contribution in [2.24, 2.45) is 0 Å². The fraction of sp³-hybridized carbons (Fsp3) is 0.294. The lowest BCUT2D eigenvalue weighted by Gasteiger charge is -2.07. The Morgan fingerprint density at radius 2 is 2.13 bits per heavy atom. The molecule has 0 unspecified atom stereocenters. The second-order valence-electron chi connectivity index (χ2n) is 5.90. The molecule has 0 saturated carbocycles. The highest BCUT2D eigenvalue weighted by molar-refractivity contribution is 7.18. The third-order valence-corrected chi connectivity index (χ3v) is 5.68. The number of fused-ring (bicyclic) bond motifs is 4. The van der Waals surface area contributed by atoms with Crippen molar-refractivity contribution in [3.63, 3.8) is 0 Å². The van der Waals surface area contributed by atoms with Gasteiger partial charge in [0.2, 0.25) is 6.79 Å². The van der Waals surface area contributed by atoms with Crippen LogP contribution in [0.3, 0.4) is 0 Å². The van der Waals surface area contributed by atoms with Gasteiger partial charge in [0.1, 0.15) is 4.83 Å². The van der Waals surface area contributed by atoms with Gasteiger partial charge in [-0.2, -0.15) is 0 Å². The average molecular weight is 326 g/mol. The number of nitrogens with zero attached hydrogens (tertiary/aromatic N) is 2. The summed E-state index contributed by atoms with van der Waals surface area (Å²) in [4.78, 5) is 19.6. The van der Waals surface area contributed by atoms with Gasteiger partial charge in [-0.05, 0) is 42.5 Å². The molecule has 0 radical (unpaired) electrons. The molecule has 1 aliphatic heterocycles. The molecule has 23 heavy (non-hydrogen) atoms. The topological polar surface area (TPSA) is 53.4 Å². The molecule has 5 rings (SSSR count). The van der Waals surface area contributed by atoms with Crippen molar-refractivity contribution in [3.8, 4) is 11.5 Å². The molecule has 1 aliphatic carbocycles. The van der Waals surface area contributed by atoms with Gasteiger partial charge in [-0.3, -0.25) is 9.36 Å². The third-order valence-electron chi connectivity index (χ3n) is 4.48. The quantitative estimate of drug-likeness (QED) is 0.726. The minimum absolute atomic E-state index is 0.0621. The summed E-state index contributed by atoms with van der Waals surface area (Å²) in [5.41, 5.74) is 2.29. The Hall–Kier alpha value is -2.34. The molecule has 2 aromatic heterocycles. The van der Waals surface area contributed by atoms with Gasteiger partial charge in [0.15, 0.2) is 11.5 Å². The van der Waals surface area contributed by atoms with Gasteiger partial charge in [0.05, 0.1) is 18.3 Å². The van der Waals surface area contributed by atoms with Crippen LogP contribution in [0.4, 0.5) is 0 Å². The van der Waals surface area contributed by atoms with E-state index in [9.17, 15) is 4.79 Å². The number of rotatable bonds is 2. The summed E-state index contributed by atoms with van der Waals surface area (Å²) in [6, 6.07) is 5.77. The minimum atomic E-state index is 0.0621. The molecule has 5 nitrogen and oxygen atoms in total. The van der Waals surface area contributed by atoms with Gasteiger partial charge in [0, 0.05) is 4.88 Å². The van der Waals surface area contributed by atoms with Crippen molar-refractivity contribution in [1.29, 1.82) is 0 Å². The first-order valence-electron chi connectivity index (χ1n) is 7.68. The monoisotopic (exact) mass is 326 g/mol. The second-order valence-corrected chi connectivity index (χ2v) is 6.99. The molecule has 2 aliphatic rings. The van der Waals surface area contributed by atoms with E-state index in [4.69, 9.17) is 9.47 Å². The van der Waals surface area contributed by atoms with Crippen molar-refractivity contribution in [2.45, 2.75) is 25.8 Å². The second kappa shape index (κ2) is 4.83. The van der Waals surface area contributed by atoms with Gasteiger partial charge >= 0.3 is 0 Å².